The van der Waals surface area contributed by atoms with E-state index in [0.717, 1.165) is 11.1 Å². The van der Waals surface area contributed by atoms with Gasteiger partial charge in [0.2, 0.25) is 5.91 Å². The van der Waals surface area contributed by atoms with Crippen molar-refractivity contribution < 1.29 is 4.79 Å². The molecular formula is C14H16N4O. The maximum absolute atomic E-state index is 11.1. The number of pyridine rings is 1. The van der Waals surface area contributed by atoms with Gasteiger partial charge in [0.1, 0.15) is 5.82 Å². The molecule has 0 bridgehead atoms. The Balaban J connectivity index is 2.01. The SMILES string of the molecule is NCc1ccc(CNc2cc(C(N)=O)ccn2)cc1. The Morgan fingerprint density at radius 1 is 1.16 bits per heavy atom. The minimum atomic E-state index is -0.460. The number of nitrogens with two attached hydrogens (primary N) is 2. The average Bonchev–Trinajstić information content (AvgIpc) is 2.46. The minimum Gasteiger partial charge on any atom is -0.366 e. The molecule has 5 N–H and O–H groups in total. The first-order chi connectivity index (χ1) is 9.19. The van der Waals surface area contributed by atoms with Crippen LogP contribution in [0.3, 0.4) is 0 Å². The fraction of sp³-hybridized carbons (Fsp3) is 0.143. The molecule has 0 spiro atoms. The summed E-state index contributed by atoms with van der Waals surface area (Å²) >= 11 is 0. The van der Waals surface area contributed by atoms with E-state index in [1.807, 2.05) is 24.3 Å². The van der Waals surface area contributed by atoms with Gasteiger partial charge in [-0.15, -0.1) is 0 Å². The molecule has 0 radical (unpaired) electrons. The van der Waals surface area contributed by atoms with Crippen LogP contribution in [0.2, 0.25) is 0 Å². The van der Waals surface area contributed by atoms with E-state index in [9.17, 15) is 4.79 Å². The van der Waals surface area contributed by atoms with Gasteiger partial charge in [-0.05, 0) is 23.3 Å². The number of carbonyl (C=O) groups is 1. The normalized spacial score (nSPS) is 10.2. The summed E-state index contributed by atoms with van der Waals surface area (Å²) in [6, 6.07) is 11.2. The molecule has 19 heavy (non-hydrogen) atoms. The topological polar surface area (TPSA) is 94.0 Å². The summed E-state index contributed by atoms with van der Waals surface area (Å²) < 4.78 is 0. The standard InChI is InChI=1S/C14H16N4O/c15-8-10-1-3-11(4-2-10)9-18-13-7-12(14(16)19)5-6-17-13/h1-7H,8-9,15H2,(H2,16,19)(H,17,18). The molecule has 2 rings (SSSR count). The van der Waals surface area contributed by atoms with Gasteiger partial charge in [-0.2, -0.15) is 0 Å². The number of anilines is 1. The van der Waals surface area contributed by atoms with E-state index in [-0.39, 0.29) is 0 Å². The molecule has 2 aromatic rings. The van der Waals surface area contributed by atoms with Crippen LogP contribution in [0.25, 0.3) is 0 Å². The van der Waals surface area contributed by atoms with Crippen LogP contribution < -0.4 is 16.8 Å². The number of primary amides is 1. The van der Waals surface area contributed by atoms with Crippen LogP contribution in [0.1, 0.15) is 21.5 Å². The van der Waals surface area contributed by atoms with Crippen LogP contribution in [0.15, 0.2) is 42.6 Å². The number of amides is 1. The van der Waals surface area contributed by atoms with Crippen LogP contribution in [0.4, 0.5) is 5.82 Å². The predicted octanol–water partition coefficient (Wildman–Crippen LogP) is 1.25. The van der Waals surface area contributed by atoms with Crippen molar-refractivity contribution in [2.45, 2.75) is 13.1 Å². The largest absolute Gasteiger partial charge is 0.366 e. The summed E-state index contributed by atoms with van der Waals surface area (Å²) in [5, 5.41) is 3.14. The molecule has 5 nitrogen and oxygen atoms in total. The molecule has 0 aliphatic rings. The molecule has 5 heteroatoms. The lowest BCUT2D eigenvalue weighted by atomic mass is 10.1. The van der Waals surface area contributed by atoms with Gasteiger partial charge >= 0.3 is 0 Å². The molecule has 0 saturated heterocycles. The van der Waals surface area contributed by atoms with Gasteiger partial charge in [0.05, 0.1) is 0 Å². The van der Waals surface area contributed by atoms with Crippen molar-refractivity contribution >= 4 is 11.7 Å². The Bertz CT molecular complexity index is 566. The molecule has 0 fully saturated rings. The van der Waals surface area contributed by atoms with E-state index < -0.39 is 5.91 Å². The Kier molecular flexibility index (Phi) is 4.10. The van der Waals surface area contributed by atoms with E-state index in [0.29, 0.717) is 24.5 Å². The highest BCUT2D eigenvalue weighted by atomic mass is 16.1. The predicted molar refractivity (Wildman–Crippen MR) is 74.4 cm³/mol. The van der Waals surface area contributed by atoms with Gasteiger partial charge in [-0.3, -0.25) is 4.79 Å². The van der Waals surface area contributed by atoms with Crippen molar-refractivity contribution in [3.63, 3.8) is 0 Å². The van der Waals surface area contributed by atoms with Crippen LogP contribution in [-0.4, -0.2) is 10.9 Å². The zero-order chi connectivity index (χ0) is 13.7. The third kappa shape index (κ3) is 3.53. The van der Waals surface area contributed by atoms with Crippen molar-refractivity contribution in [2.75, 3.05) is 5.32 Å². The van der Waals surface area contributed by atoms with Crippen LogP contribution >= 0.6 is 0 Å². The Morgan fingerprint density at radius 3 is 2.47 bits per heavy atom. The van der Waals surface area contributed by atoms with Crippen molar-refractivity contribution in [3.05, 3.63) is 59.3 Å². The van der Waals surface area contributed by atoms with E-state index in [1.54, 1.807) is 18.3 Å². The fourth-order valence-corrected chi connectivity index (χ4v) is 1.67. The highest BCUT2D eigenvalue weighted by Gasteiger charge is 2.02. The summed E-state index contributed by atoms with van der Waals surface area (Å²) in [6.45, 7) is 1.16. The Hall–Kier alpha value is -2.40. The number of hydrogen-bond acceptors (Lipinski definition) is 4. The third-order valence-corrected chi connectivity index (χ3v) is 2.78. The molecule has 1 amide bonds. The summed E-state index contributed by atoms with van der Waals surface area (Å²) in [7, 11) is 0. The first-order valence-electron chi connectivity index (χ1n) is 5.96. The van der Waals surface area contributed by atoms with Gasteiger partial charge < -0.3 is 16.8 Å². The number of aromatic nitrogens is 1. The smallest absolute Gasteiger partial charge is 0.248 e. The molecule has 0 aliphatic heterocycles. The van der Waals surface area contributed by atoms with Gasteiger partial charge in [0.15, 0.2) is 0 Å². The average molecular weight is 256 g/mol. The monoisotopic (exact) mass is 256 g/mol. The lowest BCUT2D eigenvalue weighted by Crippen LogP contribution is -2.12. The van der Waals surface area contributed by atoms with Gasteiger partial charge in [0.25, 0.3) is 0 Å². The number of carbonyl (C=O) groups excluding carboxylic acids is 1. The first-order valence-corrected chi connectivity index (χ1v) is 5.96. The number of nitrogens with zero attached hydrogens (tertiary/aromatic N) is 1. The molecule has 98 valence electrons. The second kappa shape index (κ2) is 5.97. The van der Waals surface area contributed by atoms with E-state index in [4.69, 9.17) is 11.5 Å². The number of hydrogen-bond donors (Lipinski definition) is 3. The highest BCUT2D eigenvalue weighted by molar-refractivity contribution is 5.93. The number of nitrogens with one attached hydrogen (secondary N) is 1. The van der Waals surface area contributed by atoms with Crippen LogP contribution in [0, 0.1) is 0 Å². The molecule has 0 aliphatic carbocycles. The van der Waals surface area contributed by atoms with E-state index >= 15 is 0 Å². The lowest BCUT2D eigenvalue weighted by Gasteiger charge is -2.07. The summed E-state index contributed by atoms with van der Waals surface area (Å²) in [5.74, 6) is 0.164. The van der Waals surface area contributed by atoms with Crippen molar-refractivity contribution in [2.24, 2.45) is 11.5 Å². The van der Waals surface area contributed by atoms with Gasteiger partial charge in [0, 0.05) is 24.8 Å². The summed E-state index contributed by atoms with van der Waals surface area (Å²) in [6.07, 6.45) is 1.56. The number of rotatable bonds is 5. The Morgan fingerprint density at radius 2 is 1.84 bits per heavy atom. The first kappa shape index (κ1) is 13.0. The third-order valence-electron chi connectivity index (χ3n) is 2.78. The van der Waals surface area contributed by atoms with E-state index in [2.05, 4.69) is 10.3 Å². The maximum atomic E-state index is 11.1. The second-order valence-corrected chi connectivity index (χ2v) is 4.17. The van der Waals surface area contributed by atoms with Gasteiger partial charge in [-0.1, -0.05) is 24.3 Å². The minimum absolute atomic E-state index is 0.441. The quantitative estimate of drug-likeness (QED) is 0.750. The Labute approximate surface area is 111 Å². The second-order valence-electron chi connectivity index (χ2n) is 4.17. The summed E-state index contributed by atoms with van der Waals surface area (Å²) in [5.41, 5.74) is 13.4. The fourth-order valence-electron chi connectivity index (χ4n) is 1.67. The van der Waals surface area contributed by atoms with Crippen LogP contribution in [-0.2, 0) is 13.1 Å². The van der Waals surface area contributed by atoms with Crippen molar-refractivity contribution in [1.29, 1.82) is 0 Å². The lowest BCUT2D eigenvalue weighted by molar-refractivity contribution is 0.1000. The molecule has 0 saturated carbocycles. The zero-order valence-electron chi connectivity index (χ0n) is 10.5. The molecule has 0 atom stereocenters. The van der Waals surface area contributed by atoms with Crippen molar-refractivity contribution in [1.82, 2.24) is 4.98 Å². The molecule has 1 aromatic carbocycles. The van der Waals surface area contributed by atoms with Crippen molar-refractivity contribution in [3.8, 4) is 0 Å². The summed E-state index contributed by atoms with van der Waals surface area (Å²) in [4.78, 5) is 15.2. The maximum Gasteiger partial charge on any atom is 0.248 e. The zero-order valence-corrected chi connectivity index (χ0v) is 10.5. The number of benzene rings is 1. The van der Waals surface area contributed by atoms with Gasteiger partial charge in [-0.25, -0.2) is 4.98 Å². The molecule has 0 unspecified atom stereocenters. The molecular weight excluding hydrogens is 240 g/mol. The van der Waals surface area contributed by atoms with E-state index in [1.165, 1.54) is 0 Å². The molecule has 1 heterocycles. The molecule has 1 aromatic heterocycles. The van der Waals surface area contributed by atoms with Crippen LogP contribution in [0.5, 0.6) is 0 Å². The highest BCUT2D eigenvalue weighted by Crippen LogP contribution is 2.09.